The van der Waals surface area contributed by atoms with Gasteiger partial charge in [-0.25, -0.2) is 0 Å². The number of hydrogen-bond donors (Lipinski definition) is 1. The van der Waals surface area contributed by atoms with Crippen LogP contribution in [0.1, 0.15) is 49.9 Å². The minimum Gasteiger partial charge on any atom is -0.349 e. The van der Waals surface area contributed by atoms with Crippen LogP contribution < -0.4 is 5.32 Å². The summed E-state index contributed by atoms with van der Waals surface area (Å²) >= 11 is 5.97. The average molecular weight is 311 g/mol. The van der Waals surface area contributed by atoms with Crippen LogP contribution in [-0.4, -0.2) is 16.9 Å². The molecular formula is C15H19ClN2O3. The molecule has 0 spiro atoms. The molecule has 1 fully saturated rings. The van der Waals surface area contributed by atoms with E-state index in [-0.39, 0.29) is 28.2 Å². The molecule has 1 aliphatic rings. The Morgan fingerprint density at radius 1 is 1.38 bits per heavy atom. The number of nitrogens with one attached hydrogen (secondary N) is 1. The molecule has 0 saturated heterocycles. The molecule has 0 aliphatic heterocycles. The fraction of sp³-hybridized carbons (Fsp3) is 0.533. The van der Waals surface area contributed by atoms with Crippen molar-refractivity contribution in [1.82, 2.24) is 5.32 Å². The first-order valence-electron chi connectivity index (χ1n) is 7.03. The summed E-state index contributed by atoms with van der Waals surface area (Å²) in [7, 11) is 0. The Balaban J connectivity index is 2.02. The molecule has 0 atom stereocenters. The zero-order valence-electron chi connectivity index (χ0n) is 12.2. The second-order valence-corrected chi connectivity index (χ2v) is 6.74. The molecule has 114 valence electrons. The van der Waals surface area contributed by atoms with Gasteiger partial charge in [0.25, 0.3) is 11.6 Å². The summed E-state index contributed by atoms with van der Waals surface area (Å²) in [6.07, 6.45) is 4.05. The van der Waals surface area contributed by atoms with Gasteiger partial charge in [0.2, 0.25) is 0 Å². The number of benzene rings is 1. The molecule has 0 heterocycles. The maximum absolute atomic E-state index is 12.2. The Morgan fingerprint density at radius 2 is 2.00 bits per heavy atom. The van der Waals surface area contributed by atoms with Crippen molar-refractivity contribution in [2.45, 2.75) is 45.6 Å². The number of non-ortho nitro benzene ring substituents is 1. The molecule has 0 radical (unpaired) electrons. The summed E-state index contributed by atoms with van der Waals surface area (Å²) in [5, 5.41) is 13.7. The molecule has 1 aromatic rings. The number of carbonyl (C=O) groups excluding carboxylic acids is 1. The zero-order valence-corrected chi connectivity index (χ0v) is 12.9. The van der Waals surface area contributed by atoms with Crippen molar-refractivity contribution in [3.8, 4) is 0 Å². The average Bonchev–Trinajstić information content (AvgIpc) is 2.40. The molecule has 5 nitrogen and oxygen atoms in total. The number of amides is 1. The first-order valence-corrected chi connectivity index (χ1v) is 7.41. The third-order valence-electron chi connectivity index (χ3n) is 4.08. The van der Waals surface area contributed by atoms with Gasteiger partial charge in [0.05, 0.1) is 15.5 Å². The van der Waals surface area contributed by atoms with E-state index in [2.05, 4.69) is 19.2 Å². The van der Waals surface area contributed by atoms with E-state index in [0.717, 1.165) is 25.7 Å². The Bertz CT molecular complexity index is 562. The number of nitrogens with zero attached hydrogens (tertiary/aromatic N) is 1. The Hall–Kier alpha value is -1.62. The van der Waals surface area contributed by atoms with Crippen LogP contribution in [0.5, 0.6) is 0 Å². The van der Waals surface area contributed by atoms with Crippen LogP contribution in [-0.2, 0) is 0 Å². The largest absolute Gasteiger partial charge is 0.349 e. The van der Waals surface area contributed by atoms with Gasteiger partial charge in [-0.2, -0.15) is 0 Å². The predicted molar refractivity (Wildman–Crippen MR) is 81.6 cm³/mol. The maximum atomic E-state index is 12.2. The smallest absolute Gasteiger partial charge is 0.270 e. The molecule has 0 bridgehead atoms. The van der Waals surface area contributed by atoms with Crippen molar-refractivity contribution in [1.29, 1.82) is 0 Å². The molecule has 6 heteroatoms. The number of nitro groups is 1. The van der Waals surface area contributed by atoms with E-state index >= 15 is 0 Å². The number of halogens is 1. The number of nitro benzene ring substituents is 1. The fourth-order valence-electron chi connectivity index (χ4n) is 2.61. The van der Waals surface area contributed by atoms with Gasteiger partial charge in [0.15, 0.2) is 0 Å². The van der Waals surface area contributed by atoms with E-state index in [1.54, 1.807) is 0 Å². The molecule has 1 aromatic carbocycles. The number of hydrogen-bond acceptors (Lipinski definition) is 3. The van der Waals surface area contributed by atoms with Crippen molar-refractivity contribution in [3.63, 3.8) is 0 Å². The van der Waals surface area contributed by atoms with Crippen molar-refractivity contribution < 1.29 is 9.72 Å². The Labute approximate surface area is 128 Å². The third kappa shape index (κ3) is 3.94. The molecule has 0 aromatic heterocycles. The zero-order chi connectivity index (χ0) is 15.6. The minimum absolute atomic E-state index is 0.109. The third-order valence-corrected chi connectivity index (χ3v) is 4.40. The molecular weight excluding hydrogens is 292 g/mol. The highest BCUT2D eigenvalue weighted by Gasteiger charge is 2.28. The highest BCUT2D eigenvalue weighted by Crippen LogP contribution is 2.35. The summed E-state index contributed by atoms with van der Waals surface area (Å²) in [6.45, 7) is 4.47. The number of carbonyl (C=O) groups is 1. The fourth-order valence-corrected chi connectivity index (χ4v) is 2.87. The molecule has 0 unspecified atom stereocenters. The first kappa shape index (κ1) is 15.8. The standard InChI is InChI=1S/C15H19ClN2O3/c1-15(2)7-5-10(6-8-15)17-14(19)12-4-3-11(18(20)21)9-13(12)16/h3-4,9-10H,5-8H2,1-2H3,(H,17,19). The van der Waals surface area contributed by atoms with Crippen LogP contribution in [0.2, 0.25) is 5.02 Å². The van der Waals surface area contributed by atoms with Gasteiger partial charge < -0.3 is 5.32 Å². The quantitative estimate of drug-likeness (QED) is 0.678. The lowest BCUT2D eigenvalue weighted by Gasteiger charge is -2.34. The second-order valence-electron chi connectivity index (χ2n) is 6.33. The Morgan fingerprint density at radius 3 is 2.52 bits per heavy atom. The van der Waals surface area contributed by atoms with Crippen molar-refractivity contribution in [3.05, 3.63) is 38.9 Å². The van der Waals surface area contributed by atoms with E-state index in [4.69, 9.17) is 11.6 Å². The first-order chi connectivity index (χ1) is 9.78. The second kappa shape index (κ2) is 6.02. The maximum Gasteiger partial charge on any atom is 0.270 e. The van der Waals surface area contributed by atoms with Crippen LogP contribution in [0.4, 0.5) is 5.69 Å². The normalized spacial score (nSPS) is 18.2. The predicted octanol–water partition coefficient (Wildman–Crippen LogP) is 3.95. The van der Waals surface area contributed by atoms with Crippen LogP contribution in [0.25, 0.3) is 0 Å². The van der Waals surface area contributed by atoms with Gasteiger partial charge in [-0.05, 0) is 37.2 Å². The van der Waals surface area contributed by atoms with E-state index in [1.807, 2.05) is 0 Å². The van der Waals surface area contributed by atoms with Gasteiger partial charge in [0, 0.05) is 18.2 Å². The monoisotopic (exact) mass is 310 g/mol. The van der Waals surface area contributed by atoms with Crippen molar-refractivity contribution in [2.24, 2.45) is 5.41 Å². The number of rotatable bonds is 3. The van der Waals surface area contributed by atoms with Crippen LogP contribution in [0.3, 0.4) is 0 Å². The van der Waals surface area contributed by atoms with Gasteiger partial charge >= 0.3 is 0 Å². The van der Waals surface area contributed by atoms with E-state index in [9.17, 15) is 14.9 Å². The van der Waals surface area contributed by atoms with Crippen molar-refractivity contribution >= 4 is 23.2 Å². The lowest BCUT2D eigenvalue weighted by molar-refractivity contribution is -0.384. The van der Waals surface area contributed by atoms with E-state index < -0.39 is 4.92 Å². The molecule has 1 N–H and O–H groups in total. The SMILES string of the molecule is CC1(C)CCC(NC(=O)c2ccc([N+](=O)[O-])cc2Cl)CC1. The molecule has 21 heavy (non-hydrogen) atoms. The summed E-state index contributed by atoms with van der Waals surface area (Å²) in [5.74, 6) is -0.264. The van der Waals surface area contributed by atoms with Crippen LogP contribution >= 0.6 is 11.6 Å². The Kier molecular flexibility index (Phi) is 4.52. The van der Waals surface area contributed by atoms with Crippen LogP contribution in [0, 0.1) is 15.5 Å². The highest BCUT2D eigenvalue weighted by atomic mass is 35.5. The lowest BCUT2D eigenvalue weighted by atomic mass is 9.75. The summed E-state index contributed by atoms with van der Waals surface area (Å²) in [4.78, 5) is 22.3. The van der Waals surface area contributed by atoms with Gasteiger partial charge in [-0.15, -0.1) is 0 Å². The molecule has 1 saturated carbocycles. The molecule has 2 rings (SSSR count). The lowest BCUT2D eigenvalue weighted by Crippen LogP contribution is -2.39. The van der Waals surface area contributed by atoms with E-state index in [1.165, 1.54) is 18.2 Å². The van der Waals surface area contributed by atoms with E-state index in [0.29, 0.717) is 5.41 Å². The van der Waals surface area contributed by atoms with Gasteiger partial charge in [-0.3, -0.25) is 14.9 Å². The van der Waals surface area contributed by atoms with Gasteiger partial charge in [0.1, 0.15) is 0 Å². The summed E-state index contributed by atoms with van der Waals surface area (Å²) in [6, 6.07) is 4.06. The van der Waals surface area contributed by atoms with Gasteiger partial charge in [-0.1, -0.05) is 25.4 Å². The summed E-state index contributed by atoms with van der Waals surface area (Å²) in [5.41, 5.74) is 0.509. The molecule has 1 amide bonds. The minimum atomic E-state index is -0.531. The molecule has 1 aliphatic carbocycles. The van der Waals surface area contributed by atoms with Crippen LogP contribution in [0.15, 0.2) is 18.2 Å². The van der Waals surface area contributed by atoms with Crippen molar-refractivity contribution in [2.75, 3.05) is 0 Å². The highest BCUT2D eigenvalue weighted by molar-refractivity contribution is 6.34. The summed E-state index contributed by atoms with van der Waals surface area (Å²) < 4.78 is 0. The topological polar surface area (TPSA) is 72.2 Å².